The Morgan fingerprint density at radius 3 is 2.57 bits per heavy atom. The molecule has 1 atom stereocenters. The Morgan fingerprint density at radius 2 is 2.07 bits per heavy atom. The lowest BCUT2D eigenvalue weighted by molar-refractivity contribution is 0.366. The zero-order valence-corrected chi connectivity index (χ0v) is 7.84. The molecular formula is C10H9F2NO. The van der Waals surface area contributed by atoms with E-state index >= 15 is 0 Å². The predicted molar refractivity (Wildman–Crippen MR) is 47.9 cm³/mol. The third-order valence-electron chi connectivity index (χ3n) is 1.93. The first-order chi connectivity index (χ1) is 6.61. The minimum Gasteiger partial charge on any atom is -0.493 e. The molecule has 0 fully saturated rings. The number of halogens is 2. The molecule has 0 amide bonds. The van der Waals surface area contributed by atoms with Gasteiger partial charge in [-0.1, -0.05) is 0 Å². The molecule has 4 heteroatoms. The van der Waals surface area contributed by atoms with Gasteiger partial charge < -0.3 is 9.58 Å². The molecule has 14 heavy (non-hydrogen) atoms. The summed E-state index contributed by atoms with van der Waals surface area (Å²) in [5.74, 6) is -2.20. The molecule has 0 aliphatic carbocycles. The molecule has 0 saturated heterocycles. The summed E-state index contributed by atoms with van der Waals surface area (Å²) in [5, 5.41) is 0. The van der Waals surface area contributed by atoms with Crippen molar-refractivity contribution >= 4 is 0 Å². The number of methoxy groups -OCH3 is 1. The van der Waals surface area contributed by atoms with E-state index in [0.29, 0.717) is 5.56 Å². The Balaban J connectivity index is 3.32. The van der Waals surface area contributed by atoms with Crippen LogP contribution >= 0.6 is 0 Å². The summed E-state index contributed by atoms with van der Waals surface area (Å²) in [6.45, 7) is 8.39. The highest BCUT2D eigenvalue weighted by Gasteiger charge is 2.20. The highest BCUT2D eigenvalue weighted by Crippen LogP contribution is 2.31. The largest absolute Gasteiger partial charge is 0.493 e. The van der Waals surface area contributed by atoms with Gasteiger partial charge in [0, 0.05) is 6.92 Å². The van der Waals surface area contributed by atoms with Crippen molar-refractivity contribution in [3.8, 4) is 5.75 Å². The summed E-state index contributed by atoms with van der Waals surface area (Å²) in [4.78, 5) is 3.22. The normalized spacial score (nSPS) is 11.9. The van der Waals surface area contributed by atoms with E-state index in [-0.39, 0.29) is 5.75 Å². The first-order valence-corrected chi connectivity index (χ1v) is 4.00. The van der Waals surface area contributed by atoms with Crippen molar-refractivity contribution in [2.75, 3.05) is 7.11 Å². The number of nitrogens with zero attached hydrogens (tertiary/aromatic N) is 1. The Bertz CT molecular complexity index is 384. The highest BCUT2D eigenvalue weighted by atomic mass is 19.2. The first kappa shape index (κ1) is 10.5. The van der Waals surface area contributed by atoms with Crippen LogP contribution in [-0.2, 0) is 0 Å². The summed E-state index contributed by atoms with van der Waals surface area (Å²) < 4.78 is 30.7. The van der Waals surface area contributed by atoms with E-state index < -0.39 is 17.7 Å². The highest BCUT2D eigenvalue weighted by molar-refractivity contribution is 5.38. The van der Waals surface area contributed by atoms with Gasteiger partial charge in [0.15, 0.2) is 11.6 Å². The molecule has 0 aliphatic heterocycles. The Labute approximate surface area is 80.9 Å². The number of ether oxygens (including phenoxy) is 1. The number of hydrogen-bond donors (Lipinski definition) is 0. The molecule has 0 heterocycles. The molecule has 0 spiro atoms. The maximum atomic E-state index is 13.2. The van der Waals surface area contributed by atoms with Gasteiger partial charge in [-0.3, -0.25) is 0 Å². The molecule has 1 aromatic rings. The molecule has 1 unspecified atom stereocenters. The molecule has 74 valence electrons. The van der Waals surface area contributed by atoms with Crippen LogP contribution in [0.2, 0.25) is 0 Å². The topological polar surface area (TPSA) is 13.6 Å². The minimum atomic E-state index is -1.04. The lowest BCUT2D eigenvalue weighted by Gasteiger charge is -2.08. The third-order valence-corrected chi connectivity index (χ3v) is 1.93. The minimum absolute atomic E-state index is 0.187. The number of hydrogen-bond acceptors (Lipinski definition) is 1. The van der Waals surface area contributed by atoms with Gasteiger partial charge in [0.25, 0.3) is 0 Å². The molecule has 0 bridgehead atoms. The van der Waals surface area contributed by atoms with E-state index in [2.05, 4.69) is 4.85 Å². The van der Waals surface area contributed by atoms with Crippen molar-refractivity contribution in [3.63, 3.8) is 0 Å². The van der Waals surface area contributed by atoms with Gasteiger partial charge >= 0.3 is 0 Å². The van der Waals surface area contributed by atoms with Crippen LogP contribution in [-0.4, -0.2) is 7.11 Å². The summed E-state index contributed by atoms with van der Waals surface area (Å²) in [5.41, 5.74) is 0.362. The van der Waals surface area contributed by atoms with Gasteiger partial charge in [0.1, 0.15) is 0 Å². The number of benzene rings is 1. The predicted octanol–water partition coefficient (Wildman–Crippen LogP) is 2.95. The molecule has 2 nitrogen and oxygen atoms in total. The first-order valence-electron chi connectivity index (χ1n) is 4.00. The van der Waals surface area contributed by atoms with E-state index in [1.807, 2.05) is 0 Å². The van der Waals surface area contributed by atoms with Gasteiger partial charge in [-0.15, -0.1) is 0 Å². The van der Waals surface area contributed by atoms with Gasteiger partial charge in [-0.25, -0.2) is 11.0 Å². The molecule has 0 aliphatic rings. The van der Waals surface area contributed by atoms with E-state index in [4.69, 9.17) is 11.3 Å². The van der Waals surface area contributed by atoms with Crippen LogP contribution in [0.15, 0.2) is 12.1 Å². The van der Waals surface area contributed by atoms with Crippen molar-refractivity contribution < 1.29 is 13.5 Å². The van der Waals surface area contributed by atoms with Gasteiger partial charge in [0.05, 0.1) is 12.7 Å². The summed E-state index contributed by atoms with van der Waals surface area (Å²) in [6.07, 6.45) is 0. The van der Waals surface area contributed by atoms with Crippen molar-refractivity contribution in [3.05, 3.63) is 40.7 Å². The van der Waals surface area contributed by atoms with E-state index in [9.17, 15) is 8.78 Å². The Morgan fingerprint density at radius 1 is 1.43 bits per heavy atom. The van der Waals surface area contributed by atoms with Gasteiger partial charge in [-0.2, -0.15) is 4.39 Å². The lowest BCUT2D eigenvalue weighted by Crippen LogP contribution is -1.99. The fraction of sp³-hybridized carbons (Fsp3) is 0.300. The molecule has 0 saturated carbocycles. The monoisotopic (exact) mass is 197 g/mol. The van der Waals surface area contributed by atoms with Crippen LogP contribution in [0.3, 0.4) is 0 Å². The maximum Gasteiger partial charge on any atom is 0.249 e. The second kappa shape index (κ2) is 4.05. The molecule has 0 N–H and O–H groups in total. The fourth-order valence-electron chi connectivity index (χ4n) is 1.15. The average molecular weight is 197 g/mol. The van der Waals surface area contributed by atoms with Crippen LogP contribution < -0.4 is 4.74 Å². The van der Waals surface area contributed by atoms with Crippen LogP contribution in [0.4, 0.5) is 8.78 Å². The summed E-state index contributed by atoms with van der Waals surface area (Å²) in [7, 11) is 1.25. The van der Waals surface area contributed by atoms with Crippen LogP contribution in [0, 0.1) is 18.2 Å². The second-order valence-corrected chi connectivity index (χ2v) is 2.79. The molecule has 0 radical (unpaired) electrons. The molecule has 1 rings (SSSR count). The lowest BCUT2D eigenvalue weighted by atomic mass is 10.1. The van der Waals surface area contributed by atoms with E-state index in [1.165, 1.54) is 13.2 Å². The molecular weight excluding hydrogens is 188 g/mol. The average Bonchev–Trinajstić information content (AvgIpc) is 2.20. The maximum absolute atomic E-state index is 13.2. The second-order valence-electron chi connectivity index (χ2n) is 2.79. The van der Waals surface area contributed by atoms with Gasteiger partial charge in [0.2, 0.25) is 11.9 Å². The van der Waals surface area contributed by atoms with Crippen molar-refractivity contribution in [2.45, 2.75) is 13.0 Å². The Hall–Kier alpha value is -1.63. The van der Waals surface area contributed by atoms with E-state index in [1.54, 1.807) is 6.92 Å². The fourth-order valence-corrected chi connectivity index (χ4v) is 1.15. The van der Waals surface area contributed by atoms with Crippen molar-refractivity contribution in [1.29, 1.82) is 0 Å². The van der Waals surface area contributed by atoms with Gasteiger partial charge in [-0.05, 0) is 12.1 Å². The van der Waals surface area contributed by atoms with Crippen LogP contribution in [0.1, 0.15) is 18.5 Å². The molecule has 0 aromatic heterocycles. The van der Waals surface area contributed by atoms with Crippen molar-refractivity contribution in [1.82, 2.24) is 0 Å². The Kier molecular flexibility index (Phi) is 3.03. The summed E-state index contributed by atoms with van der Waals surface area (Å²) in [6, 6.07) is 1.81. The third kappa shape index (κ3) is 1.67. The molecule has 1 aromatic carbocycles. The van der Waals surface area contributed by atoms with Crippen LogP contribution in [0.25, 0.3) is 4.85 Å². The van der Waals surface area contributed by atoms with Crippen molar-refractivity contribution in [2.24, 2.45) is 0 Å². The zero-order chi connectivity index (χ0) is 10.7. The summed E-state index contributed by atoms with van der Waals surface area (Å²) >= 11 is 0. The smallest absolute Gasteiger partial charge is 0.249 e. The quantitative estimate of drug-likeness (QED) is 0.664. The number of rotatable bonds is 2. The zero-order valence-electron chi connectivity index (χ0n) is 7.84. The SMILES string of the molecule is [C-]#[N+]C(C)c1ccc(F)c(F)c1OC. The van der Waals surface area contributed by atoms with E-state index in [0.717, 1.165) is 6.07 Å². The van der Waals surface area contributed by atoms with Crippen LogP contribution in [0.5, 0.6) is 5.75 Å². The standard InChI is InChI=1S/C10H9F2NO/c1-6(13-2)7-4-5-8(11)9(12)10(7)14-3/h4-6H,1,3H3.